The first-order chi connectivity index (χ1) is 9.74. The summed E-state index contributed by atoms with van der Waals surface area (Å²) in [5, 5.41) is 9.63. The van der Waals surface area contributed by atoms with E-state index in [4.69, 9.17) is 9.47 Å². The van der Waals surface area contributed by atoms with Crippen LogP contribution in [0, 0.1) is 6.42 Å². The topological polar surface area (TPSA) is 41.9 Å². The Labute approximate surface area is 121 Å². The van der Waals surface area contributed by atoms with Crippen LogP contribution in [0.1, 0.15) is 31.2 Å². The van der Waals surface area contributed by atoms with E-state index in [0.29, 0.717) is 11.5 Å². The van der Waals surface area contributed by atoms with Crippen molar-refractivity contribution >= 4 is 0 Å². The molecule has 2 rings (SSSR count). The highest BCUT2D eigenvalue weighted by atomic mass is 16.5. The predicted octanol–water partition coefficient (Wildman–Crippen LogP) is 2.84. The number of aromatic hydroxyl groups is 1. The summed E-state index contributed by atoms with van der Waals surface area (Å²) in [5.74, 6) is 1.47. The molecule has 1 radical (unpaired) electrons. The summed E-state index contributed by atoms with van der Waals surface area (Å²) in [6, 6.07) is 3.24. The van der Waals surface area contributed by atoms with Gasteiger partial charge >= 0.3 is 0 Å². The monoisotopic (exact) mass is 278 g/mol. The third kappa shape index (κ3) is 3.79. The standard InChI is InChI=1S/C16H24NO3/c1-19-15-11-13(18)12-16(20-2)14(15)7-6-10-17-8-4-3-5-9-17/h7,11-12,18H,3-6,8-10H2,1-2H3. The molecule has 0 aliphatic carbocycles. The molecule has 0 amide bonds. The first-order valence-corrected chi connectivity index (χ1v) is 7.25. The molecule has 0 atom stereocenters. The van der Waals surface area contributed by atoms with E-state index in [9.17, 15) is 5.11 Å². The third-order valence-corrected chi connectivity index (χ3v) is 3.77. The molecular formula is C16H24NO3. The molecule has 1 N–H and O–H groups in total. The smallest absolute Gasteiger partial charge is 0.129 e. The van der Waals surface area contributed by atoms with Crippen molar-refractivity contribution in [2.75, 3.05) is 33.9 Å². The number of ether oxygens (including phenoxy) is 2. The summed E-state index contributed by atoms with van der Waals surface area (Å²) in [5.41, 5.74) is 0.921. The lowest BCUT2D eigenvalue weighted by atomic mass is 10.1. The second-order valence-electron chi connectivity index (χ2n) is 5.16. The minimum Gasteiger partial charge on any atom is -0.508 e. The van der Waals surface area contributed by atoms with Gasteiger partial charge < -0.3 is 19.5 Å². The molecule has 111 valence electrons. The van der Waals surface area contributed by atoms with Gasteiger partial charge in [-0.25, -0.2) is 0 Å². The highest BCUT2D eigenvalue weighted by Gasteiger charge is 2.14. The van der Waals surface area contributed by atoms with Crippen molar-refractivity contribution < 1.29 is 14.6 Å². The summed E-state index contributed by atoms with van der Waals surface area (Å²) >= 11 is 0. The van der Waals surface area contributed by atoms with Crippen LogP contribution in [-0.4, -0.2) is 43.9 Å². The summed E-state index contributed by atoms with van der Waals surface area (Å²) in [6.07, 6.45) is 7.07. The summed E-state index contributed by atoms with van der Waals surface area (Å²) in [4.78, 5) is 2.50. The molecule has 0 saturated carbocycles. The van der Waals surface area contributed by atoms with Gasteiger partial charge in [0.15, 0.2) is 0 Å². The quantitative estimate of drug-likeness (QED) is 0.869. The lowest BCUT2D eigenvalue weighted by Crippen LogP contribution is -2.30. The van der Waals surface area contributed by atoms with E-state index in [-0.39, 0.29) is 5.75 Å². The summed E-state index contributed by atoms with van der Waals surface area (Å²) in [7, 11) is 3.21. The molecule has 20 heavy (non-hydrogen) atoms. The second-order valence-corrected chi connectivity index (χ2v) is 5.16. The summed E-state index contributed by atoms with van der Waals surface area (Å²) < 4.78 is 10.7. The van der Waals surface area contributed by atoms with E-state index in [0.717, 1.165) is 18.5 Å². The molecule has 1 heterocycles. The van der Waals surface area contributed by atoms with Crippen molar-refractivity contribution in [2.45, 2.75) is 25.7 Å². The van der Waals surface area contributed by atoms with E-state index >= 15 is 0 Å². The van der Waals surface area contributed by atoms with Crippen LogP contribution >= 0.6 is 0 Å². The highest BCUT2D eigenvalue weighted by Crippen LogP contribution is 2.35. The van der Waals surface area contributed by atoms with Crippen LogP contribution in [-0.2, 0) is 0 Å². The Kier molecular flexibility index (Phi) is 5.53. The maximum absolute atomic E-state index is 9.63. The van der Waals surface area contributed by atoms with E-state index in [1.54, 1.807) is 26.4 Å². The van der Waals surface area contributed by atoms with Crippen molar-refractivity contribution in [1.82, 2.24) is 4.90 Å². The number of phenols is 1. The number of nitrogens with zero attached hydrogens (tertiary/aromatic N) is 1. The molecule has 0 aromatic heterocycles. The van der Waals surface area contributed by atoms with Crippen molar-refractivity contribution in [2.24, 2.45) is 0 Å². The molecule has 4 nitrogen and oxygen atoms in total. The minimum absolute atomic E-state index is 0.159. The summed E-state index contributed by atoms with van der Waals surface area (Å²) in [6.45, 7) is 3.47. The number of phenolic OH excluding ortho intramolecular Hbond substituents is 1. The zero-order chi connectivity index (χ0) is 14.4. The van der Waals surface area contributed by atoms with Gasteiger partial charge in [-0.05, 0) is 45.3 Å². The molecule has 0 unspecified atom stereocenters. The Balaban J connectivity index is 1.97. The van der Waals surface area contributed by atoms with E-state index in [1.807, 2.05) is 0 Å². The van der Waals surface area contributed by atoms with Crippen LogP contribution in [0.25, 0.3) is 0 Å². The number of likely N-dealkylation sites (tertiary alicyclic amines) is 1. The van der Waals surface area contributed by atoms with Crippen molar-refractivity contribution in [1.29, 1.82) is 0 Å². The average molecular weight is 278 g/mol. The van der Waals surface area contributed by atoms with Crippen molar-refractivity contribution in [3.05, 3.63) is 24.1 Å². The van der Waals surface area contributed by atoms with E-state index in [1.165, 1.54) is 32.4 Å². The van der Waals surface area contributed by atoms with Crippen LogP contribution in [0.4, 0.5) is 0 Å². The normalized spacial score (nSPS) is 16.1. The van der Waals surface area contributed by atoms with Crippen LogP contribution < -0.4 is 9.47 Å². The van der Waals surface area contributed by atoms with Gasteiger partial charge in [0, 0.05) is 17.7 Å². The van der Waals surface area contributed by atoms with Gasteiger partial charge in [-0.1, -0.05) is 6.42 Å². The SMILES string of the molecule is COc1cc(O)cc(OC)c1[CH]CCN1CCCCC1. The fourth-order valence-corrected chi connectivity index (χ4v) is 2.70. The first-order valence-electron chi connectivity index (χ1n) is 7.25. The fraction of sp³-hybridized carbons (Fsp3) is 0.562. The molecule has 1 aromatic carbocycles. The predicted molar refractivity (Wildman–Crippen MR) is 79.5 cm³/mol. The number of benzene rings is 1. The zero-order valence-electron chi connectivity index (χ0n) is 12.4. The lowest BCUT2D eigenvalue weighted by Gasteiger charge is -2.26. The third-order valence-electron chi connectivity index (χ3n) is 3.77. The molecule has 1 fully saturated rings. The molecule has 0 spiro atoms. The van der Waals surface area contributed by atoms with Gasteiger partial charge in [0.25, 0.3) is 0 Å². The molecule has 1 saturated heterocycles. The molecule has 1 aliphatic rings. The fourth-order valence-electron chi connectivity index (χ4n) is 2.70. The lowest BCUT2D eigenvalue weighted by molar-refractivity contribution is 0.231. The van der Waals surface area contributed by atoms with Crippen molar-refractivity contribution in [3.8, 4) is 17.2 Å². The van der Waals surface area contributed by atoms with Crippen molar-refractivity contribution in [3.63, 3.8) is 0 Å². The van der Waals surface area contributed by atoms with E-state index in [2.05, 4.69) is 11.3 Å². The maximum Gasteiger partial charge on any atom is 0.129 e. The van der Waals surface area contributed by atoms with Gasteiger partial charge in [0.2, 0.25) is 0 Å². The minimum atomic E-state index is 0.159. The Bertz CT molecular complexity index is 403. The second kappa shape index (κ2) is 7.39. The van der Waals surface area contributed by atoms with Crippen LogP contribution in [0.3, 0.4) is 0 Å². The Morgan fingerprint density at radius 1 is 1.10 bits per heavy atom. The van der Waals surface area contributed by atoms with Gasteiger partial charge in [0.1, 0.15) is 17.2 Å². The molecular weight excluding hydrogens is 254 g/mol. The van der Waals surface area contributed by atoms with Gasteiger partial charge in [-0.2, -0.15) is 0 Å². The largest absolute Gasteiger partial charge is 0.508 e. The Morgan fingerprint density at radius 2 is 1.70 bits per heavy atom. The van der Waals surface area contributed by atoms with Gasteiger partial charge in [-0.3, -0.25) is 0 Å². The number of rotatable bonds is 6. The highest BCUT2D eigenvalue weighted by molar-refractivity contribution is 5.53. The molecule has 0 bridgehead atoms. The van der Waals surface area contributed by atoms with Gasteiger partial charge in [0.05, 0.1) is 14.2 Å². The molecule has 1 aliphatic heterocycles. The Hall–Kier alpha value is -1.42. The van der Waals surface area contributed by atoms with Crippen LogP contribution in [0.5, 0.6) is 17.2 Å². The van der Waals surface area contributed by atoms with Crippen LogP contribution in [0.15, 0.2) is 12.1 Å². The number of methoxy groups -OCH3 is 2. The molecule has 4 heteroatoms. The Morgan fingerprint density at radius 3 is 2.25 bits per heavy atom. The zero-order valence-corrected chi connectivity index (χ0v) is 12.4. The number of hydrogen-bond donors (Lipinski definition) is 1. The van der Waals surface area contributed by atoms with E-state index < -0.39 is 0 Å². The van der Waals surface area contributed by atoms with Crippen LogP contribution in [0.2, 0.25) is 0 Å². The first kappa shape index (κ1) is 15.0. The number of hydrogen-bond acceptors (Lipinski definition) is 4. The van der Waals surface area contributed by atoms with Gasteiger partial charge in [-0.15, -0.1) is 0 Å². The average Bonchev–Trinajstić information content (AvgIpc) is 2.49. The maximum atomic E-state index is 9.63. The molecule has 1 aromatic rings. The number of piperidine rings is 1.